The zero-order valence-electron chi connectivity index (χ0n) is 15.1. The number of aromatic nitrogens is 1. The summed E-state index contributed by atoms with van der Waals surface area (Å²) in [5.74, 6) is 0.705. The molecule has 1 heterocycles. The fourth-order valence-electron chi connectivity index (χ4n) is 2.53. The van der Waals surface area contributed by atoms with Crippen LogP contribution < -0.4 is 0 Å². The van der Waals surface area contributed by atoms with Gasteiger partial charge in [-0.15, -0.1) is 0 Å². The summed E-state index contributed by atoms with van der Waals surface area (Å²) in [5.41, 5.74) is 1.61. The fraction of sp³-hybridized carbons (Fsp3) is 0.632. The molecule has 0 radical (unpaired) electrons. The van der Waals surface area contributed by atoms with E-state index < -0.39 is 0 Å². The summed E-state index contributed by atoms with van der Waals surface area (Å²) >= 11 is 0. The zero-order valence-corrected chi connectivity index (χ0v) is 15.1. The molecule has 1 rings (SSSR count). The topological polar surface area (TPSA) is 66.2 Å². The lowest BCUT2D eigenvalue weighted by Gasteiger charge is -2.24. The molecule has 1 aromatic heterocycles. The summed E-state index contributed by atoms with van der Waals surface area (Å²) in [6.45, 7) is 6.41. The number of aryl methyl sites for hydroxylation is 1. The molecule has 0 N–H and O–H groups in total. The van der Waals surface area contributed by atoms with Gasteiger partial charge in [-0.25, -0.2) is 0 Å². The Labute approximate surface area is 145 Å². The van der Waals surface area contributed by atoms with Crippen LogP contribution >= 0.6 is 0 Å². The molecule has 5 heteroatoms. The number of rotatable bonds is 11. The molecule has 0 aliphatic carbocycles. The third kappa shape index (κ3) is 7.56. The number of amides is 1. The van der Waals surface area contributed by atoms with Gasteiger partial charge in [0, 0.05) is 32.1 Å². The van der Waals surface area contributed by atoms with Gasteiger partial charge in [0.05, 0.1) is 18.6 Å². The molecular formula is C19H29N3O2. The van der Waals surface area contributed by atoms with Crippen LogP contribution in [0.1, 0.15) is 50.8 Å². The number of hydrogen-bond acceptors (Lipinski definition) is 4. The smallest absolute Gasteiger partial charge is 0.224 e. The Balaban J connectivity index is 2.37. The Morgan fingerprint density at radius 1 is 1.38 bits per heavy atom. The Bertz CT molecular complexity index is 522. The van der Waals surface area contributed by atoms with Crippen LogP contribution in [-0.4, -0.2) is 42.6 Å². The SMILES string of the molecule is CCCN(CCC(C)CCc1ccc(C#N)cn1)C(=O)CCOC. The maximum atomic E-state index is 12.2. The molecule has 0 fully saturated rings. The van der Waals surface area contributed by atoms with Crippen LogP contribution in [0.4, 0.5) is 0 Å². The standard InChI is InChI=1S/C19H29N3O2/c1-4-11-22(19(23)10-13-24-3)12-9-16(2)5-7-18-8-6-17(14-20)15-21-18/h6,8,15-16H,4-5,7,9-13H2,1-3H3. The number of nitrogens with zero attached hydrogens (tertiary/aromatic N) is 3. The number of hydrogen-bond donors (Lipinski definition) is 0. The third-order valence-electron chi connectivity index (χ3n) is 4.11. The van der Waals surface area contributed by atoms with E-state index in [4.69, 9.17) is 10.00 Å². The Hall–Kier alpha value is -1.93. The van der Waals surface area contributed by atoms with Gasteiger partial charge in [0.25, 0.3) is 0 Å². The minimum atomic E-state index is 0.180. The van der Waals surface area contributed by atoms with E-state index >= 15 is 0 Å². The van der Waals surface area contributed by atoms with Gasteiger partial charge < -0.3 is 9.64 Å². The second kappa shape index (κ2) is 11.6. The van der Waals surface area contributed by atoms with Crippen LogP contribution in [0.3, 0.4) is 0 Å². The lowest BCUT2D eigenvalue weighted by molar-refractivity contribution is -0.132. The van der Waals surface area contributed by atoms with E-state index in [1.165, 1.54) is 0 Å². The molecular weight excluding hydrogens is 302 g/mol. The van der Waals surface area contributed by atoms with E-state index in [0.717, 1.165) is 44.5 Å². The lowest BCUT2D eigenvalue weighted by atomic mass is 9.99. The number of methoxy groups -OCH3 is 1. The molecule has 0 saturated heterocycles. The van der Waals surface area contributed by atoms with Gasteiger partial charge in [0.2, 0.25) is 5.91 Å². The molecule has 0 spiro atoms. The monoisotopic (exact) mass is 331 g/mol. The van der Waals surface area contributed by atoms with Gasteiger partial charge in [-0.3, -0.25) is 9.78 Å². The minimum Gasteiger partial charge on any atom is -0.384 e. The molecule has 0 bridgehead atoms. The van der Waals surface area contributed by atoms with Crippen molar-refractivity contribution in [3.63, 3.8) is 0 Å². The van der Waals surface area contributed by atoms with Crippen molar-refractivity contribution >= 4 is 5.91 Å². The average molecular weight is 331 g/mol. The highest BCUT2D eigenvalue weighted by molar-refractivity contribution is 5.76. The molecule has 0 saturated carbocycles. The van der Waals surface area contributed by atoms with Crippen LogP contribution in [0.25, 0.3) is 0 Å². The largest absolute Gasteiger partial charge is 0.384 e. The highest BCUT2D eigenvalue weighted by atomic mass is 16.5. The van der Waals surface area contributed by atoms with E-state index in [9.17, 15) is 4.79 Å². The van der Waals surface area contributed by atoms with Gasteiger partial charge >= 0.3 is 0 Å². The second-order valence-electron chi connectivity index (χ2n) is 6.21. The lowest BCUT2D eigenvalue weighted by Crippen LogP contribution is -2.34. The van der Waals surface area contributed by atoms with Crippen LogP contribution in [0, 0.1) is 17.2 Å². The van der Waals surface area contributed by atoms with E-state index in [-0.39, 0.29) is 5.91 Å². The van der Waals surface area contributed by atoms with Gasteiger partial charge in [0.1, 0.15) is 6.07 Å². The van der Waals surface area contributed by atoms with E-state index in [1.54, 1.807) is 13.3 Å². The number of ether oxygens (including phenoxy) is 1. The first-order valence-electron chi connectivity index (χ1n) is 8.72. The molecule has 0 aliphatic rings. The molecule has 24 heavy (non-hydrogen) atoms. The van der Waals surface area contributed by atoms with Gasteiger partial charge in [-0.05, 0) is 43.7 Å². The highest BCUT2D eigenvalue weighted by Gasteiger charge is 2.14. The van der Waals surface area contributed by atoms with Gasteiger partial charge in [0.15, 0.2) is 0 Å². The van der Waals surface area contributed by atoms with Crippen molar-refractivity contribution < 1.29 is 9.53 Å². The molecule has 1 atom stereocenters. The number of pyridine rings is 1. The van der Waals surface area contributed by atoms with Gasteiger partial charge in [-0.1, -0.05) is 13.8 Å². The van der Waals surface area contributed by atoms with Gasteiger partial charge in [-0.2, -0.15) is 5.26 Å². The fourth-order valence-corrected chi connectivity index (χ4v) is 2.53. The van der Waals surface area contributed by atoms with Crippen LogP contribution in [0.15, 0.2) is 18.3 Å². The van der Waals surface area contributed by atoms with Crippen LogP contribution in [0.2, 0.25) is 0 Å². The summed E-state index contributed by atoms with van der Waals surface area (Å²) in [4.78, 5) is 18.4. The molecule has 1 amide bonds. The van der Waals surface area contributed by atoms with Crippen molar-refractivity contribution in [1.82, 2.24) is 9.88 Å². The first-order valence-corrected chi connectivity index (χ1v) is 8.72. The van der Waals surface area contributed by atoms with E-state index in [2.05, 4.69) is 24.9 Å². The normalized spacial score (nSPS) is 11.8. The van der Waals surface area contributed by atoms with Crippen molar-refractivity contribution in [2.45, 2.75) is 46.0 Å². The van der Waals surface area contributed by atoms with Crippen molar-refractivity contribution in [1.29, 1.82) is 5.26 Å². The number of carbonyl (C=O) groups is 1. The van der Waals surface area contributed by atoms with E-state index in [1.807, 2.05) is 17.0 Å². The summed E-state index contributed by atoms with van der Waals surface area (Å²) in [6.07, 6.45) is 5.98. The molecule has 1 unspecified atom stereocenters. The molecule has 1 aromatic rings. The molecule has 132 valence electrons. The van der Waals surface area contributed by atoms with E-state index in [0.29, 0.717) is 24.5 Å². The Morgan fingerprint density at radius 2 is 2.17 bits per heavy atom. The minimum absolute atomic E-state index is 0.180. The van der Waals surface area contributed by atoms with Crippen molar-refractivity contribution in [3.05, 3.63) is 29.6 Å². The Morgan fingerprint density at radius 3 is 2.75 bits per heavy atom. The molecule has 0 aliphatic heterocycles. The quantitative estimate of drug-likeness (QED) is 0.624. The maximum Gasteiger partial charge on any atom is 0.224 e. The molecule has 5 nitrogen and oxygen atoms in total. The van der Waals surface area contributed by atoms with Crippen molar-refractivity contribution in [3.8, 4) is 6.07 Å². The van der Waals surface area contributed by atoms with Crippen LogP contribution in [-0.2, 0) is 16.0 Å². The van der Waals surface area contributed by atoms with Crippen molar-refractivity contribution in [2.24, 2.45) is 5.92 Å². The summed E-state index contributed by atoms with van der Waals surface area (Å²) < 4.78 is 5.00. The Kier molecular flexibility index (Phi) is 9.71. The number of carbonyl (C=O) groups excluding carboxylic acids is 1. The van der Waals surface area contributed by atoms with Crippen molar-refractivity contribution in [2.75, 3.05) is 26.8 Å². The highest BCUT2D eigenvalue weighted by Crippen LogP contribution is 2.13. The predicted molar refractivity (Wildman–Crippen MR) is 94.4 cm³/mol. The second-order valence-corrected chi connectivity index (χ2v) is 6.21. The van der Waals surface area contributed by atoms with Crippen LogP contribution in [0.5, 0.6) is 0 Å². The maximum absolute atomic E-state index is 12.2. The summed E-state index contributed by atoms with van der Waals surface area (Å²) in [7, 11) is 1.62. The summed E-state index contributed by atoms with van der Waals surface area (Å²) in [5, 5.41) is 8.78. The summed E-state index contributed by atoms with van der Waals surface area (Å²) in [6, 6.07) is 5.81. The average Bonchev–Trinajstić information content (AvgIpc) is 2.61. The predicted octanol–water partition coefficient (Wildman–Crippen LogP) is 3.19. The molecule has 0 aromatic carbocycles. The number of nitriles is 1. The third-order valence-corrected chi connectivity index (χ3v) is 4.11. The zero-order chi connectivity index (χ0) is 17.8. The first kappa shape index (κ1) is 20.1. The first-order chi connectivity index (χ1) is 11.6.